The largest absolute Gasteiger partial charge is 0.461 e. The summed E-state index contributed by atoms with van der Waals surface area (Å²) in [6.07, 6.45) is -59.7. The monoisotopic (exact) mass is 2150 g/mol. The molecule has 8 fully saturated rings. The van der Waals surface area contributed by atoms with Gasteiger partial charge in [-0.3, -0.25) is 14.4 Å². The SMILES string of the molecule is CC(=O)N[C@@H]1C[C@H](O[C@@H]2[C@@H](O)[C@H](O[C@H]3[C@H](O[C@H]4C[C@@H](NC(C)=O)[C@H](O)[C@@H](C)O4)[C@@H](O[C@@H]4O[C@H](C)[C@@H](O)[C@H](O)[C@H]4O)[C@H](OC4CC5(O)OC(CC(O)C5O)C(C)C(O[C@@H]5O[C@H](CO)[C@@H](O)[C@H](O)[C@H]5O)CC(O)CC(O)C(C)C(O)/C=C/C=C/C(C)C(CC(O)CCCCC(C)C(O)C(C)CCC(O)C(C)C(C)O[C@H]5C[C@](C)(N)[C@H](O)[C@H](C)O5)OC(=O)C(C)C(O)/C=C/CC(O)CC(O)CCC4C)O[C@@H]3C)O[C@H](C)[C@H]2O)O[C@H](C)[C@H]1O. The predicted molar refractivity (Wildman–Crippen MR) is 525 cm³/mol. The lowest BCUT2D eigenvalue weighted by Gasteiger charge is -2.52. The number of cyclic esters (lactones) is 1. The summed E-state index contributed by atoms with van der Waals surface area (Å²) in [5.41, 5.74) is 5.43. The molecule has 9 aliphatic rings. The van der Waals surface area contributed by atoms with E-state index in [-0.39, 0.29) is 75.5 Å². The van der Waals surface area contributed by atoms with Crippen LogP contribution in [0, 0.1) is 47.3 Å². The fraction of sp³-hybridized carbons (Fsp3) is 0.913. The Morgan fingerprint density at radius 1 is 0.470 bits per heavy atom. The van der Waals surface area contributed by atoms with Crippen LogP contribution in [0.1, 0.15) is 240 Å². The first-order chi connectivity index (χ1) is 69.7. The molecule has 9 rings (SSSR count). The maximum atomic E-state index is 14.3. The third kappa shape index (κ3) is 35.3. The molecule has 2 bridgehead atoms. The zero-order valence-electron chi connectivity index (χ0n) is 89.2. The van der Waals surface area contributed by atoms with Gasteiger partial charge in [0.15, 0.2) is 49.8 Å². The van der Waals surface area contributed by atoms with E-state index in [2.05, 4.69) is 10.6 Å². The van der Waals surface area contributed by atoms with E-state index in [1.807, 2.05) is 27.7 Å². The Kier molecular flexibility index (Phi) is 50.2. The summed E-state index contributed by atoms with van der Waals surface area (Å²) < 4.78 is 103. The molecule has 46 nitrogen and oxygen atoms in total. The lowest BCUT2D eigenvalue weighted by atomic mass is 9.82. The van der Waals surface area contributed by atoms with Crippen molar-refractivity contribution in [1.29, 1.82) is 0 Å². The number of carbonyl (C=O) groups excluding carboxylic acids is 3. The number of aliphatic hydroxyl groups excluding tert-OH is 23. The highest BCUT2D eigenvalue weighted by Crippen LogP contribution is 2.45. The zero-order valence-corrected chi connectivity index (χ0v) is 89.2. The number of unbranched alkanes of at least 4 members (excludes halogenated alkanes) is 1. The molecule has 0 spiro atoms. The van der Waals surface area contributed by atoms with Gasteiger partial charge in [-0.2, -0.15) is 0 Å². The van der Waals surface area contributed by atoms with Crippen LogP contribution in [0.2, 0.25) is 0 Å². The van der Waals surface area contributed by atoms with Gasteiger partial charge in [-0.25, -0.2) is 0 Å². The van der Waals surface area contributed by atoms with Crippen LogP contribution in [-0.4, -0.2) is 446 Å². The highest BCUT2D eigenvalue weighted by atomic mass is 16.8. The van der Waals surface area contributed by atoms with Crippen molar-refractivity contribution in [2.24, 2.45) is 53.1 Å². The van der Waals surface area contributed by atoms with Crippen molar-refractivity contribution in [2.45, 2.75) is 540 Å². The molecule has 866 valence electrons. The topological polar surface area (TPSA) is 734 Å². The maximum Gasteiger partial charge on any atom is 0.311 e. The number of amides is 2. The molecule has 0 aromatic carbocycles. The van der Waals surface area contributed by atoms with E-state index in [1.54, 1.807) is 39.8 Å². The van der Waals surface area contributed by atoms with Crippen LogP contribution in [0.4, 0.5) is 0 Å². The number of ether oxygens (including phenoxy) is 16. The van der Waals surface area contributed by atoms with Gasteiger partial charge in [0, 0.05) is 88.0 Å². The fourth-order valence-corrected chi connectivity index (χ4v) is 21.3. The van der Waals surface area contributed by atoms with E-state index < -0.39 is 379 Å². The molecule has 8 saturated heterocycles. The van der Waals surface area contributed by atoms with Crippen molar-refractivity contribution in [3.05, 3.63) is 36.5 Å². The summed E-state index contributed by atoms with van der Waals surface area (Å²) in [6.45, 7) is 27.4. The van der Waals surface area contributed by atoms with Gasteiger partial charge in [-0.05, 0) is 138 Å². The van der Waals surface area contributed by atoms with Crippen molar-refractivity contribution in [3.8, 4) is 0 Å². The average molecular weight is 2150 g/mol. The summed E-state index contributed by atoms with van der Waals surface area (Å²) in [7, 11) is 0. The molecule has 0 radical (unpaired) electrons. The molecule has 0 aromatic heterocycles. The molecule has 2 amide bonds. The number of rotatable bonds is 31. The number of nitrogens with one attached hydrogen (secondary N) is 2. The van der Waals surface area contributed by atoms with E-state index in [9.17, 15) is 137 Å². The van der Waals surface area contributed by atoms with Gasteiger partial charge in [0.05, 0.1) is 153 Å². The zero-order chi connectivity index (χ0) is 111. The lowest BCUT2D eigenvalue weighted by Crippen LogP contribution is -2.68. The standard InChI is InChI=1S/C103H181N3O43/c1-44-24-20-22-28-67(114)49(6)70(117)35-64(113)37-73(142-99-89(128)87(126)85(124)76(43-107)144-99)51(8)74-40-71(118)96(131)103(133,149-74)41-75(45(2)30-32-63(112)34-61(110)27-23-29-68(115)50(7)97(132)141-72(44)36-62(111)26-21-19-25-46(3)80(119)47(4)31-33-69(116)48(5)52(9)134-79-42-102(18,104)95(130)58(15)137-79)143-101-94(148-98-88(127)86(125)83(122)55(12)138-98)93(146-78-39-66(106-60(17)109)82(121)54(11)136-78)91(57(14)140-101)147-100-90(129)92(84(123)56(13)139-100)145-77-38-65(105-59(16)108)81(120)53(10)135-77/h20,22-24,28-29,44-58,61-96,98-101,107,110-131,133H,19,21,25-27,30-43,104H2,1-18H3,(H,105,108)(H,106,109)/b24-20+,28-22+,29-23+/t44?,45?,46?,47?,48?,49?,50?,51?,52?,53-,54-,55-,56-,57-,58+,61?,62?,63?,64?,65-,66-,67?,68?,69?,70?,71?,72?,73?,74?,75?,76-,77+,78+,79-,80?,81-,82-,83-,84-,85-,86+,87+,88-,89-,90-,91-,92+,93+,94-,95-,96?,98+,99-,100+,101+,102+,103?/m1/s1. The van der Waals surface area contributed by atoms with Gasteiger partial charge in [0.25, 0.3) is 0 Å². The number of hydrogen-bond acceptors (Lipinski definition) is 44. The first-order valence-electron chi connectivity index (χ1n) is 53.5. The molecule has 0 saturated carbocycles. The Balaban J connectivity index is 1.02. The van der Waals surface area contributed by atoms with E-state index in [1.165, 1.54) is 93.5 Å². The quantitative estimate of drug-likeness (QED) is 0.0191. The van der Waals surface area contributed by atoms with Crippen molar-refractivity contribution in [2.75, 3.05) is 6.61 Å². The first-order valence-corrected chi connectivity index (χ1v) is 53.5. The van der Waals surface area contributed by atoms with Crippen LogP contribution >= 0.6 is 0 Å². The van der Waals surface area contributed by atoms with Gasteiger partial charge in [-0.15, -0.1) is 0 Å². The third-order valence-electron chi connectivity index (χ3n) is 31.9. The molecule has 9 heterocycles. The van der Waals surface area contributed by atoms with E-state index >= 15 is 0 Å². The average Bonchev–Trinajstić information content (AvgIpc) is 0.762. The summed E-state index contributed by atoms with van der Waals surface area (Å²) >= 11 is 0. The molecule has 57 atom stereocenters. The molecule has 9 aliphatic heterocycles. The van der Waals surface area contributed by atoms with Crippen LogP contribution < -0.4 is 16.4 Å². The van der Waals surface area contributed by atoms with Crippen molar-refractivity contribution < 1.29 is 213 Å². The summed E-state index contributed by atoms with van der Waals surface area (Å²) in [5, 5.41) is 285. The van der Waals surface area contributed by atoms with Gasteiger partial charge in [0.1, 0.15) is 104 Å². The van der Waals surface area contributed by atoms with E-state index in [0.29, 0.717) is 32.1 Å². The minimum atomic E-state index is -3.02. The van der Waals surface area contributed by atoms with Crippen molar-refractivity contribution in [1.82, 2.24) is 10.6 Å². The van der Waals surface area contributed by atoms with E-state index in [0.717, 1.165) is 0 Å². The van der Waals surface area contributed by atoms with Crippen LogP contribution in [0.25, 0.3) is 0 Å². The highest BCUT2D eigenvalue weighted by Gasteiger charge is 2.60. The molecule has 0 aromatic rings. The Hall–Kier alpha value is -3.97. The lowest BCUT2D eigenvalue weighted by molar-refractivity contribution is -0.407. The molecular weight excluding hydrogens is 1970 g/mol. The molecule has 25 unspecified atom stereocenters. The minimum Gasteiger partial charge on any atom is -0.461 e. The maximum absolute atomic E-state index is 14.3. The highest BCUT2D eigenvalue weighted by molar-refractivity contribution is 5.74. The molecular formula is C103H181N3O43. The Bertz CT molecular complexity index is 4050. The summed E-state index contributed by atoms with van der Waals surface area (Å²) in [6, 6.07) is -2.02. The first kappa shape index (κ1) is 128. The number of allylic oxidation sites excluding steroid dienone is 2. The number of fused-ring (bicyclic) bond motifs is 2. The predicted octanol–water partition coefficient (Wildman–Crippen LogP) is -2.65. The van der Waals surface area contributed by atoms with E-state index in [4.69, 9.17) is 81.5 Å². The van der Waals surface area contributed by atoms with Crippen LogP contribution in [-0.2, 0) is 90.2 Å². The molecule has 0 aliphatic carbocycles. The number of hydrogen-bond donors (Lipinski definition) is 27. The van der Waals surface area contributed by atoms with Crippen molar-refractivity contribution >= 4 is 17.8 Å². The number of nitrogens with two attached hydrogens (primary N) is 1. The Morgan fingerprint density at radius 3 is 1.61 bits per heavy atom. The summed E-state index contributed by atoms with van der Waals surface area (Å²) in [4.78, 5) is 39.5. The molecule has 46 heteroatoms. The Labute approximate surface area is 873 Å². The normalized spacial score (nSPS) is 47.1. The number of carbonyl (C=O) groups is 3. The second-order valence-corrected chi connectivity index (χ2v) is 44.5. The minimum absolute atomic E-state index is 0.0797. The van der Waals surface area contributed by atoms with Gasteiger partial charge in [0.2, 0.25) is 11.8 Å². The fourth-order valence-electron chi connectivity index (χ4n) is 21.3. The smallest absolute Gasteiger partial charge is 0.311 e. The second-order valence-electron chi connectivity index (χ2n) is 44.5. The summed E-state index contributed by atoms with van der Waals surface area (Å²) in [5.74, 6) is -10.9. The van der Waals surface area contributed by atoms with Gasteiger partial charge < -0.3 is 215 Å². The third-order valence-corrected chi connectivity index (χ3v) is 31.9. The van der Waals surface area contributed by atoms with Crippen LogP contribution in [0.5, 0.6) is 0 Å². The number of esters is 1. The molecule has 28 N–H and O–H groups in total. The van der Waals surface area contributed by atoms with Crippen molar-refractivity contribution in [3.63, 3.8) is 0 Å². The number of aliphatic hydroxyl groups is 24. The van der Waals surface area contributed by atoms with Gasteiger partial charge in [-0.1, -0.05) is 97.8 Å². The van der Waals surface area contributed by atoms with Gasteiger partial charge >= 0.3 is 5.97 Å². The second kappa shape index (κ2) is 58.2. The molecule has 149 heavy (non-hydrogen) atoms. The van der Waals surface area contributed by atoms with Crippen LogP contribution in [0.3, 0.4) is 0 Å². The van der Waals surface area contributed by atoms with Crippen LogP contribution in [0.15, 0.2) is 36.5 Å². The Morgan fingerprint density at radius 2 is 1.01 bits per heavy atom.